The van der Waals surface area contributed by atoms with Crippen molar-refractivity contribution in [2.45, 2.75) is 232 Å². The summed E-state index contributed by atoms with van der Waals surface area (Å²) in [7, 11) is 0. The van der Waals surface area contributed by atoms with Crippen molar-refractivity contribution in [2.75, 3.05) is 13.2 Å². The fraction of sp³-hybridized carbons (Fsp3) is 0.745. The van der Waals surface area contributed by atoms with E-state index in [9.17, 15) is 14.4 Å². The molecule has 1 atom stereocenters. The predicted molar refractivity (Wildman–Crippen MR) is 242 cm³/mol. The highest BCUT2D eigenvalue weighted by Gasteiger charge is 2.19. The normalized spacial score (nSPS) is 12.5. The predicted octanol–water partition coefficient (Wildman–Crippen LogP) is 15.3. The molecule has 0 aliphatic heterocycles. The Bertz CT molecular complexity index is 1050. The molecular weight excluding hydrogens is 709 g/mol. The maximum atomic E-state index is 12.7. The van der Waals surface area contributed by atoms with E-state index in [0.717, 1.165) is 96.3 Å². The molecule has 0 amide bonds. The summed E-state index contributed by atoms with van der Waals surface area (Å²) in [5.41, 5.74) is 0. The third-order valence-corrected chi connectivity index (χ3v) is 10.1. The van der Waals surface area contributed by atoms with Crippen LogP contribution in [0.15, 0.2) is 60.8 Å². The van der Waals surface area contributed by atoms with Crippen LogP contribution in [0.1, 0.15) is 226 Å². The monoisotopic (exact) mass is 797 g/mol. The van der Waals surface area contributed by atoms with E-state index in [0.29, 0.717) is 19.3 Å². The Labute approximate surface area is 351 Å². The van der Waals surface area contributed by atoms with Gasteiger partial charge in [0.05, 0.1) is 0 Å². The molecular formula is C51H88O6. The number of carbonyl (C=O) groups excluding carboxylic acids is 3. The van der Waals surface area contributed by atoms with Gasteiger partial charge in [0.1, 0.15) is 13.2 Å². The zero-order valence-electron chi connectivity index (χ0n) is 37.3. The zero-order chi connectivity index (χ0) is 41.5. The summed E-state index contributed by atoms with van der Waals surface area (Å²) < 4.78 is 16.7. The van der Waals surface area contributed by atoms with Crippen LogP contribution in [0.2, 0.25) is 0 Å². The Morgan fingerprint density at radius 2 is 0.702 bits per heavy atom. The largest absolute Gasteiger partial charge is 0.462 e. The molecule has 6 nitrogen and oxygen atoms in total. The number of allylic oxidation sites excluding steroid dienone is 10. The van der Waals surface area contributed by atoms with Gasteiger partial charge in [0, 0.05) is 19.3 Å². The summed E-state index contributed by atoms with van der Waals surface area (Å²) in [6.07, 6.45) is 54.9. The molecule has 0 aromatic rings. The summed E-state index contributed by atoms with van der Waals surface area (Å²) in [4.78, 5) is 37.8. The fourth-order valence-corrected chi connectivity index (χ4v) is 6.48. The van der Waals surface area contributed by atoms with Gasteiger partial charge < -0.3 is 14.2 Å². The lowest BCUT2D eigenvalue weighted by atomic mass is 10.0. The smallest absolute Gasteiger partial charge is 0.306 e. The fourth-order valence-electron chi connectivity index (χ4n) is 6.48. The minimum absolute atomic E-state index is 0.0899. The molecule has 1 unspecified atom stereocenters. The first-order chi connectivity index (χ1) is 28.0. The summed E-state index contributed by atoms with van der Waals surface area (Å²) in [5, 5.41) is 0. The topological polar surface area (TPSA) is 78.9 Å². The van der Waals surface area contributed by atoms with E-state index >= 15 is 0 Å². The first-order valence-corrected chi connectivity index (χ1v) is 23.8. The molecule has 0 rings (SSSR count). The van der Waals surface area contributed by atoms with Crippen LogP contribution < -0.4 is 0 Å². The van der Waals surface area contributed by atoms with E-state index in [2.05, 4.69) is 81.5 Å². The molecule has 0 heterocycles. The Hall–Kier alpha value is -2.89. The van der Waals surface area contributed by atoms with Crippen LogP contribution in [-0.2, 0) is 28.6 Å². The van der Waals surface area contributed by atoms with Crippen molar-refractivity contribution >= 4 is 17.9 Å². The Balaban J connectivity index is 4.41. The molecule has 0 aliphatic carbocycles. The van der Waals surface area contributed by atoms with Crippen LogP contribution in [0.3, 0.4) is 0 Å². The molecule has 0 N–H and O–H groups in total. The van der Waals surface area contributed by atoms with Crippen LogP contribution >= 0.6 is 0 Å². The van der Waals surface area contributed by atoms with E-state index in [1.54, 1.807) is 0 Å². The van der Waals surface area contributed by atoms with Gasteiger partial charge in [0.25, 0.3) is 0 Å². The van der Waals surface area contributed by atoms with Crippen LogP contribution in [-0.4, -0.2) is 37.2 Å². The van der Waals surface area contributed by atoms with E-state index in [1.807, 2.05) is 0 Å². The van der Waals surface area contributed by atoms with Gasteiger partial charge in [0.15, 0.2) is 6.10 Å². The second-order valence-electron chi connectivity index (χ2n) is 15.7. The molecule has 0 aromatic heterocycles. The number of unbranched alkanes of at least 4 members (excludes halogenated alkanes) is 24. The molecule has 0 aromatic carbocycles. The van der Waals surface area contributed by atoms with E-state index < -0.39 is 6.10 Å². The van der Waals surface area contributed by atoms with Crippen LogP contribution in [0.25, 0.3) is 0 Å². The molecule has 57 heavy (non-hydrogen) atoms. The Morgan fingerprint density at radius 3 is 1.14 bits per heavy atom. The second-order valence-corrected chi connectivity index (χ2v) is 15.7. The Kier molecular flexibility index (Phi) is 43.5. The lowest BCUT2D eigenvalue weighted by Crippen LogP contribution is -2.30. The molecule has 0 fully saturated rings. The number of hydrogen-bond acceptors (Lipinski definition) is 6. The Morgan fingerprint density at radius 1 is 0.368 bits per heavy atom. The number of carbonyl (C=O) groups is 3. The molecule has 0 spiro atoms. The zero-order valence-corrected chi connectivity index (χ0v) is 37.3. The first-order valence-electron chi connectivity index (χ1n) is 23.8. The van der Waals surface area contributed by atoms with Gasteiger partial charge >= 0.3 is 17.9 Å². The molecule has 0 bridgehead atoms. The summed E-state index contributed by atoms with van der Waals surface area (Å²) >= 11 is 0. The summed E-state index contributed by atoms with van der Waals surface area (Å²) in [6.45, 7) is 6.41. The average molecular weight is 797 g/mol. The van der Waals surface area contributed by atoms with E-state index in [4.69, 9.17) is 14.2 Å². The third kappa shape index (κ3) is 44.1. The quantitative estimate of drug-likeness (QED) is 0.0265. The van der Waals surface area contributed by atoms with Crippen molar-refractivity contribution in [3.8, 4) is 0 Å². The maximum Gasteiger partial charge on any atom is 0.306 e. The lowest BCUT2D eigenvalue weighted by molar-refractivity contribution is -0.167. The number of ether oxygens (including phenoxy) is 3. The molecule has 6 heteroatoms. The highest BCUT2D eigenvalue weighted by atomic mass is 16.6. The molecule has 0 radical (unpaired) electrons. The van der Waals surface area contributed by atoms with Crippen LogP contribution in [0.4, 0.5) is 0 Å². The van der Waals surface area contributed by atoms with Gasteiger partial charge in [-0.1, -0.05) is 210 Å². The van der Waals surface area contributed by atoms with Crippen molar-refractivity contribution in [3.05, 3.63) is 60.8 Å². The van der Waals surface area contributed by atoms with Gasteiger partial charge in [-0.3, -0.25) is 14.4 Å². The van der Waals surface area contributed by atoms with Crippen molar-refractivity contribution in [1.82, 2.24) is 0 Å². The van der Waals surface area contributed by atoms with Gasteiger partial charge in [0.2, 0.25) is 0 Å². The highest BCUT2D eigenvalue weighted by Crippen LogP contribution is 2.15. The summed E-state index contributed by atoms with van der Waals surface area (Å²) in [6, 6.07) is 0. The SMILES string of the molecule is CC\C=C/C=C\C=C/CCCCCCCC(=O)OC(COC(=O)CCCCC/C=C\C=C/CCCC)COC(=O)CCCCCCCCCCCCCCCCC. The second kappa shape index (κ2) is 45.8. The van der Waals surface area contributed by atoms with Crippen molar-refractivity contribution in [1.29, 1.82) is 0 Å². The van der Waals surface area contributed by atoms with Gasteiger partial charge in [-0.15, -0.1) is 0 Å². The number of esters is 3. The molecule has 0 saturated carbocycles. The number of rotatable bonds is 42. The van der Waals surface area contributed by atoms with Crippen LogP contribution in [0.5, 0.6) is 0 Å². The highest BCUT2D eigenvalue weighted by molar-refractivity contribution is 5.71. The standard InChI is InChI=1S/C51H88O6/c1-4-7-10-13-16-19-22-24-25-27-29-32-35-38-41-44-50(53)56-47-48(46-55-49(52)43-40-37-34-31-28-21-18-15-12-9-6-3)57-51(54)45-42-39-36-33-30-26-23-20-17-14-11-8-5-2/h8,11,14-15,17-18,20-21,23,28,48H,4-7,9-10,12-13,16,19,22,24-27,29-47H2,1-3H3/b11-8-,17-14-,18-15-,23-20-,28-21-. The molecule has 0 saturated heterocycles. The molecule has 0 aliphatic rings. The van der Waals surface area contributed by atoms with Gasteiger partial charge in [-0.2, -0.15) is 0 Å². The van der Waals surface area contributed by atoms with E-state index in [-0.39, 0.29) is 31.1 Å². The molecule has 328 valence electrons. The minimum atomic E-state index is -0.791. The lowest BCUT2D eigenvalue weighted by Gasteiger charge is -2.18. The van der Waals surface area contributed by atoms with Crippen molar-refractivity contribution in [3.63, 3.8) is 0 Å². The first kappa shape index (κ1) is 54.1. The van der Waals surface area contributed by atoms with Gasteiger partial charge in [-0.05, 0) is 57.8 Å². The van der Waals surface area contributed by atoms with Crippen molar-refractivity contribution < 1.29 is 28.6 Å². The van der Waals surface area contributed by atoms with E-state index in [1.165, 1.54) is 89.9 Å². The summed E-state index contributed by atoms with van der Waals surface area (Å²) in [5.74, 6) is -0.940. The third-order valence-electron chi connectivity index (χ3n) is 10.1. The average Bonchev–Trinajstić information content (AvgIpc) is 3.21. The maximum absolute atomic E-state index is 12.7. The van der Waals surface area contributed by atoms with Crippen molar-refractivity contribution in [2.24, 2.45) is 0 Å². The van der Waals surface area contributed by atoms with Crippen LogP contribution in [0, 0.1) is 0 Å². The minimum Gasteiger partial charge on any atom is -0.462 e. The number of hydrogen-bond donors (Lipinski definition) is 0. The van der Waals surface area contributed by atoms with Gasteiger partial charge in [-0.25, -0.2) is 0 Å².